The van der Waals surface area contributed by atoms with Gasteiger partial charge in [-0.25, -0.2) is 13.6 Å². The van der Waals surface area contributed by atoms with Gasteiger partial charge in [0.05, 0.1) is 17.9 Å². The first-order valence-corrected chi connectivity index (χ1v) is 10.3. The van der Waals surface area contributed by atoms with Crippen molar-refractivity contribution in [3.8, 4) is 0 Å². The van der Waals surface area contributed by atoms with Crippen LogP contribution in [0.4, 0.5) is 14.5 Å². The van der Waals surface area contributed by atoms with Gasteiger partial charge in [-0.3, -0.25) is 4.79 Å². The molecule has 0 aliphatic rings. The quantitative estimate of drug-likeness (QED) is 0.0645. The van der Waals surface area contributed by atoms with E-state index in [9.17, 15) is 18.4 Å². The van der Waals surface area contributed by atoms with Gasteiger partial charge >= 0.3 is 5.97 Å². The van der Waals surface area contributed by atoms with Crippen molar-refractivity contribution in [3.05, 3.63) is 76.5 Å². The van der Waals surface area contributed by atoms with Crippen molar-refractivity contribution in [3.63, 3.8) is 0 Å². The number of ketones is 1. The first-order valence-electron chi connectivity index (χ1n) is 9.92. The van der Waals surface area contributed by atoms with Gasteiger partial charge in [-0.15, -0.1) is 0 Å². The minimum atomic E-state index is -1.32. The lowest BCUT2D eigenvalue weighted by molar-refractivity contribution is -0.138. The van der Waals surface area contributed by atoms with Gasteiger partial charge in [0.1, 0.15) is 10.6 Å². The molecule has 0 bridgehead atoms. The van der Waals surface area contributed by atoms with Crippen molar-refractivity contribution >= 4 is 29.0 Å². The van der Waals surface area contributed by atoms with Gasteiger partial charge in [0.25, 0.3) is 0 Å². The van der Waals surface area contributed by atoms with Crippen LogP contribution in [0.5, 0.6) is 0 Å². The zero-order valence-corrected chi connectivity index (χ0v) is 19.9. The lowest BCUT2D eigenvalue weighted by atomic mass is 10.0. The van der Waals surface area contributed by atoms with Gasteiger partial charge in [-0.1, -0.05) is 42.5 Å². The molecule has 1 aromatic carbocycles. The molecule has 0 atom stereocenters. The van der Waals surface area contributed by atoms with E-state index in [4.69, 9.17) is 16.3 Å². The number of carbonyl (C=O) groups is 2. The maximum absolute atomic E-state index is 14.2. The molecule has 0 heterocycles. The maximum Gasteiger partial charge on any atom is 0.341 e. The van der Waals surface area contributed by atoms with Crippen LogP contribution in [0.2, 0.25) is 5.02 Å². The predicted molar refractivity (Wildman–Crippen MR) is 125 cm³/mol. The molecule has 0 aliphatic carbocycles. The fraction of sp³-hybridized carbons (Fsp3) is 0.333. The summed E-state index contributed by atoms with van der Waals surface area (Å²) < 4.78 is 33.1. The number of Topliss-reactive ketones (excluding diaryl/α,β-unsaturated/α-hetero) is 1. The van der Waals surface area contributed by atoms with E-state index in [1.54, 1.807) is 13.0 Å². The molecular formula is C24H29ClF2N2O3. The normalized spacial score (nSPS) is 11.7. The molecule has 0 radical (unpaired) electrons. The molecule has 0 unspecified atom stereocenters. The molecule has 0 amide bonds. The summed E-state index contributed by atoms with van der Waals surface area (Å²) in [6.45, 7) is 11.7. The number of carbonyl (C=O) groups excluding carboxylic acids is 2. The highest BCUT2D eigenvalue weighted by Gasteiger charge is 2.28. The van der Waals surface area contributed by atoms with Crippen LogP contribution in [0, 0.1) is 11.6 Å². The van der Waals surface area contributed by atoms with Crippen LogP contribution in [-0.4, -0.2) is 50.9 Å². The summed E-state index contributed by atoms with van der Waals surface area (Å²) in [6, 6.07) is 0.686. The molecule has 0 aromatic heterocycles. The van der Waals surface area contributed by atoms with Crippen LogP contribution in [-0.2, 0) is 9.53 Å². The Morgan fingerprint density at radius 3 is 2.38 bits per heavy atom. The number of benzene rings is 1. The highest BCUT2D eigenvalue weighted by Crippen LogP contribution is 2.36. The summed E-state index contributed by atoms with van der Waals surface area (Å²) in [5.74, 6) is -4.52. The van der Waals surface area contributed by atoms with Crippen molar-refractivity contribution in [2.75, 3.05) is 39.2 Å². The number of likely N-dealkylation sites (N-methyl/N-ethyl adjacent to an activating group) is 2. The zero-order valence-electron chi connectivity index (χ0n) is 19.1. The summed E-state index contributed by atoms with van der Waals surface area (Å²) in [7, 11) is 5.44. The molecule has 8 heteroatoms. The molecule has 0 N–H and O–H groups in total. The first kappa shape index (κ1) is 27.3. The Bertz CT molecular complexity index is 968. The van der Waals surface area contributed by atoms with E-state index in [1.807, 2.05) is 38.1 Å². The fourth-order valence-electron chi connectivity index (χ4n) is 2.84. The van der Waals surface area contributed by atoms with E-state index < -0.39 is 34.0 Å². The van der Waals surface area contributed by atoms with Gasteiger partial charge in [-0.2, -0.15) is 0 Å². The van der Waals surface area contributed by atoms with E-state index in [-0.39, 0.29) is 17.9 Å². The summed E-state index contributed by atoms with van der Waals surface area (Å²) in [6.07, 6.45) is 6.22. The summed E-state index contributed by atoms with van der Waals surface area (Å²) in [5, 5.41) is -0.608. The van der Waals surface area contributed by atoms with E-state index in [2.05, 4.69) is 13.2 Å². The molecular weight excluding hydrogens is 438 g/mol. The predicted octanol–water partition coefficient (Wildman–Crippen LogP) is 5.32. The Balaban J connectivity index is 3.30. The van der Waals surface area contributed by atoms with Crippen molar-refractivity contribution in [2.45, 2.75) is 20.3 Å². The molecule has 0 spiro atoms. The van der Waals surface area contributed by atoms with Gasteiger partial charge < -0.3 is 14.5 Å². The highest BCUT2D eigenvalue weighted by atomic mass is 35.5. The minimum Gasteiger partial charge on any atom is -0.462 e. The standard InChI is InChI=1S/C24H29ClF2N2O3/c1-8-17(14-28(5)6)12-10-11-15(3)29(7)22-18(13-19(26)21(27)20(22)25)23(30)16(4)24(31)32-9-2/h8,10-11,13H,3-4,9,12,14H2,1-2,5-7H3/b11-10-,17-8+. The van der Waals surface area contributed by atoms with Crippen molar-refractivity contribution in [1.29, 1.82) is 0 Å². The highest BCUT2D eigenvalue weighted by molar-refractivity contribution is 6.35. The molecule has 1 aromatic rings. The van der Waals surface area contributed by atoms with Crippen LogP contribution in [0.1, 0.15) is 30.6 Å². The third-order valence-electron chi connectivity index (χ3n) is 4.56. The maximum atomic E-state index is 14.2. The Morgan fingerprint density at radius 1 is 1.22 bits per heavy atom. The number of esters is 1. The molecule has 0 fully saturated rings. The van der Waals surface area contributed by atoms with E-state index >= 15 is 0 Å². The number of rotatable bonds is 11. The number of halogens is 3. The Morgan fingerprint density at radius 2 is 1.84 bits per heavy atom. The second-order valence-corrected chi connectivity index (χ2v) is 7.63. The number of anilines is 1. The Kier molecular flexibility index (Phi) is 10.5. The molecule has 0 aliphatic heterocycles. The van der Waals surface area contributed by atoms with Gasteiger partial charge in [0.15, 0.2) is 11.6 Å². The number of ether oxygens (including phenoxy) is 1. The third kappa shape index (κ3) is 6.87. The third-order valence-corrected chi connectivity index (χ3v) is 4.91. The van der Waals surface area contributed by atoms with Gasteiger partial charge in [-0.05, 0) is 46.5 Å². The molecule has 0 saturated heterocycles. The summed E-state index contributed by atoms with van der Waals surface area (Å²) in [4.78, 5) is 28.2. The van der Waals surface area contributed by atoms with E-state index in [0.29, 0.717) is 18.2 Å². The lowest BCUT2D eigenvalue weighted by Crippen LogP contribution is -2.22. The Labute approximate surface area is 193 Å². The first-order chi connectivity index (χ1) is 15.0. The Hall–Kier alpha value is -2.77. The topological polar surface area (TPSA) is 49.9 Å². The van der Waals surface area contributed by atoms with Gasteiger partial charge in [0.2, 0.25) is 5.78 Å². The van der Waals surface area contributed by atoms with Crippen LogP contribution in [0.15, 0.2) is 54.3 Å². The largest absolute Gasteiger partial charge is 0.462 e. The summed E-state index contributed by atoms with van der Waals surface area (Å²) >= 11 is 6.06. The van der Waals surface area contributed by atoms with Crippen LogP contribution >= 0.6 is 11.6 Å². The number of hydrogen-bond acceptors (Lipinski definition) is 5. The number of hydrogen-bond donors (Lipinski definition) is 0. The smallest absolute Gasteiger partial charge is 0.341 e. The molecule has 5 nitrogen and oxygen atoms in total. The fourth-order valence-corrected chi connectivity index (χ4v) is 3.16. The van der Waals surface area contributed by atoms with E-state index in [0.717, 1.165) is 6.54 Å². The SMILES string of the molecule is C=C(C(=O)OCC)C(=O)c1cc(F)c(F)c(Cl)c1N(C)C(=C)/C=C\C/C(=C\C)CN(C)C. The minimum absolute atomic E-state index is 0.0278. The summed E-state index contributed by atoms with van der Waals surface area (Å²) in [5.41, 5.74) is 0.565. The monoisotopic (exact) mass is 466 g/mol. The van der Waals surface area contributed by atoms with Crippen LogP contribution in [0.3, 0.4) is 0 Å². The molecule has 32 heavy (non-hydrogen) atoms. The lowest BCUT2D eigenvalue weighted by Gasteiger charge is -2.24. The molecule has 1 rings (SSSR count). The number of nitrogens with zero attached hydrogens (tertiary/aromatic N) is 2. The van der Waals surface area contributed by atoms with Crippen molar-refractivity contribution < 1.29 is 23.1 Å². The van der Waals surface area contributed by atoms with Gasteiger partial charge in [0, 0.05) is 19.3 Å². The average Bonchev–Trinajstić information content (AvgIpc) is 2.74. The molecule has 0 saturated carbocycles. The number of allylic oxidation sites excluding steroid dienone is 3. The van der Waals surface area contributed by atoms with Crippen LogP contribution < -0.4 is 4.90 Å². The van der Waals surface area contributed by atoms with Crippen molar-refractivity contribution in [1.82, 2.24) is 4.90 Å². The second kappa shape index (κ2) is 12.3. The van der Waals surface area contributed by atoms with Crippen LogP contribution in [0.25, 0.3) is 0 Å². The second-order valence-electron chi connectivity index (χ2n) is 7.25. The zero-order chi connectivity index (χ0) is 24.6. The van der Waals surface area contributed by atoms with Crippen molar-refractivity contribution in [2.24, 2.45) is 0 Å². The molecule has 174 valence electrons. The van der Waals surface area contributed by atoms with E-state index in [1.165, 1.54) is 17.5 Å². The average molecular weight is 467 g/mol.